The van der Waals surface area contributed by atoms with E-state index in [1.807, 2.05) is 12.1 Å². The second-order valence-electron chi connectivity index (χ2n) is 6.47. The maximum Gasteiger partial charge on any atom is 0.191 e. The number of guanidine groups is 1. The maximum absolute atomic E-state index is 5.34. The van der Waals surface area contributed by atoms with Gasteiger partial charge in [-0.25, -0.2) is 0 Å². The van der Waals surface area contributed by atoms with Crippen LogP contribution < -0.4 is 15.5 Å². The Labute approximate surface area is 150 Å². The number of nitrogens with one attached hydrogen (secondary N) is 2. The van der Waals surface area contributed by atoms with Crippen LogP contribution in [-0.4, -0.2) is 37.8 Å². The molecule has 0 aliphatic heterocycles. The van der Waals surface area contributed by atoms with Crippen molar-refractivity contribution in [2.45, 2.75) is 39.3 Å². The van der Waals surface area contributed by atoms with Crippen LogP contribution in [0.1, 0.15) is 38.1 Å². The molecular formula is C19H29N5O. The number of nitrogens with zero attached hydrogens (tertiary/aromatic N) is 3. The number of likely N-dealkylation sites (N-methyl/N-ethyl adjacent to an activating group) is 1. The van der Waals surface area contributed by atoms with Crippen LogP contribution >= 0.6 is 0 Å². The van der Waals surface area contributed by atoms with E-state index in [0.29, 0.717) is 18.5 Å². The fraction of sp³-hybridized carbons (Fsp3) is 0.474. The molecule has 1 aromatic heterocycles. The Balaban J connectivity index is 1.81. The molecule has 2 N–H and O–H groups in total. The van der Waals surface area contributed by atoms with Gasteiger partial charge in [0.25, 0.3) is 0 Å². The van der Waals surface area contributed by atoms with Crippen LogP contribution in [0.5, 0.6) is 0 Å². The Kier molecular flexibility index (Phi) is 6.86. The Morgan fingerprint density at radius 1 is 1.20 bits per heavy atom. The normalized spacial score (nSPS) is 13.0. The van der Waals surface area contributed by atoms with E-state index < -0.39 is 0 Å². The van der Waals surface area contributed by atoms with E-state index in [0.717, 1.165) is 24.0 Å². The number of para-hydroxylation sites is 1. The first-order valence-corrected chi connectivity index (χ1v) is 8.69. The van der Waals surface area contributed by atoms with Gasteiger partial charge in [0.2, 0.25) is 0 Å². The van der Waals surface area contributed by atoms with Gasteiger partial charge in [0, 0.05) is 38.4 Å². The zero-order valence-electron chi connectivity index (χ0n) is 15.8. The van der Waals surface area contributed by atoms with E-state index in [2.05, 4.69) is 77.8 Å². The largest absolute Gasteiger partial charge is 0.370 e. The predicted octanol–water partition coefficient (Wildman–Crippen LogP) is 2.99. The molecule has 0 bridgehead atoms. The number of aromatic nitrogens is 1. The molecule has 0 saturated heterocycles. The van der Waals surface area contributed by atoms with Gasteiger partial charge < -0.3 is 20.1 Å². The summed E-state index contributed by atoms with van der Waals surface area (Å²) in [6.45, 7) is 7.71. The molecule has 1 atom stereocenters. The zero-order valence-corrected chi connectivity index (χ0v) is 15.8. The molecule has 6 nitrogen and oxygen atoms in total. The molecule has 2 aromatic rings. The average molecular weight is 343 g/mol. The van der Waals surface area contributed by atoms with Crippen molar-refractivity contribution >= 4 is 11.6 Å². The number of benzene rings is 1. The summed E-state index contributed by atoms with van der Waals surface area (Å²) in [7, 11) is 3.86. The van der Waals surface area contributed by atoms with Crippen LogP contribution in [0, 0.1) is 0 Å². The van der Waals surface area contributed by atoms with Crippen LogP contribution in [0.4, 0.5) is 5.69 Å². The summed E-state index contributed by atoms with van der Waals surface area (Å²) in [6, 6.07) is 12.7. The third kappa shape index (κ3) is 5.52. The average Bonchev–Trinajstić information content (AvgIpc) is 3.11. The summed E-state index contributed by atoms with van der Waals surface area (Å²) < 4.78 is 5.34. The van der Waals surface area contributed by atoms with Gasteiger partial charge in [-0.2, -0.15) is 0 Å². The molecule has 0 amide bonds. The number of aliphatic imine (C=N–C) groups is 1. The summed E-state index contributed by atoms with van der Waals surface area (Å²) in [4.78, 5) is 6.50. The molecule has 6 heteroatoms. The van der Waals surface area contributed by atoms with Crippen LogP contribution in [0.15, 0.2) is 45.9 Å². The molecule has 0 spiro atoms. The van der Waals surface area contributed by atoms with E-state index >= 15 is 0 Å². The summed E-state index contributed by atoms with van der Waals surface area (Å²) in [6.07, 6.45) is 0. The van der Waals surface area contributed by atoms with E-state index in [-0.39, 0.29) is 0 Å². The van der Waals surface area contributed by atoms with Crippen LogP contribution in [0.2, 0.25) is 0 Å². The minimum Gasteiger partial charge on any atom is -0.370 e. The summed E-state index contributed by atoms with van der Waals surface area (Å²) in [5.74, 6) is 1.92. The van der Waals surface area contributed by atoms with E-state index in [9.17, 15) is 0 Å². The quantitative estimate of drug-likeness (QED) is 0.598. The molecule has 0 saturated carbocycles. The van der Waals surface area contributed by atoms with Gasteiger partial charge in [0.15, 0.2) is 11.7 Å². The number of hydrogen-bond acceptors (Lipinski definition) is 4. The minimum absolute atomic E-state index is 0.318. The third-order valence-electron chi connectivity index (χ3n) is 4.21. The van der Waals surface area contributed by atoms with E-state index in [1.165, 1.54) is 5.69 Å². The lowest BCUT2D eigenvalue weighted by molar-refractivity contribution is 0.372. The van der Waals surface area contributed by atoms with E-state index in [1.54, 1.807) is 7.05 Å². The zero-order chi connectivity index (χ0) is 18.2. The SMILES string of the molecule is CN=C(NCc1cc(C(C)C)no1)NCC(C)N(C)c1ccccc1. The Bertz CT molecular complexity index is 665. The lowest BCUT2D eigenvalue weighted by Gasteiger charge is -2.27. The van der Waals surface area contributed by atoms with Crippen molar-refractivity contribution in [2.75, 3.05) is 25.5 Å². The van der Waals surface area contributed by atoms with Crippen molar-refractivity contribution in [1.29, 1.82) is 0 Å². The molecule has 25 heavy (non-hydrogen) atoms. The van der Waals surface area contributed by atoms with Crippen LogP contribution in [-0.2, 0) is 6.54 Å². The fourth-order valence-corrected chi connectivity index (χ4v) is 2.37. The molecule has 0 aliphatic carbocycles. The second kappa shape index (κ2) is 9.11. The van der Waals surface area contributed by atoms with Gasteiger partial charge in [0.05, 0.1) is 12.2 Å². The van der Waals surface area contributed by atoms with Crippen molar-refractivity contribution in [3.8, 4) is 0 Å². The first-order chi connectivity index (χ1) is 12.0. The number of rotatable bonds is 7. The highest BCUT2D eigenvalue weighted by atomic mass is 16.5. The highest BCUT2D eigenvalue weighted by Crippen LogP contribution is 2.14. The van der Waals surface area contributed by atoms with Crippen LogP contribution in [0.3, 0.4) is 0 Å². The molecule has 1 unspecified atom stereocenters. The molecule has 0 radical (unpaired) electrons. The summed E-state index contributed by atoms with van der Waals surface area (Å²) in [5.41, 5.74) is 2.17. The Morgan fingerprint density at radius 2 is 1.92 bits per heavy atom. The lowest BCUT2D eigenvalue weighted by atomic mass is 10.1. The van der Waals surface area contributed by atoms with Crippen molar-refractivity contribution in [2.24, 2.45) is 4.99 Å². The van der Waals surface area contributed by atoms with Gasteiger partial charge in [-0.05, 0) is 25.0 Å². The Hall–Kier alpha value is -2.50. The first kappa shape index (κ1) is 18.8. The monoisotopic (exact) mass is 343 g/mol. The molecule has 2 rings (SSSR count). The smallest absolute Gasteiger partial charge is 0.191 e. The first-order valence-electron chi connectivity index (χ1n) is 8.69. The van der Waals surface area contributed by atoms with Crippen molar-refractivity contribution in [3.05, 3.63) is 47.9 Å². The molecule has 0 aliphatic rings. The molecule has 1 aromatic carbocycles. The van der Waals surface area contributed by atoms with Crippen molar-refractivity contribution < 1.29 is 4.52 Å². The van der Waals surface area contributed by atoms with Crippen molar-refractivity contribution in [3.63, 3.8) is 0 Å². The van der Waals surface area contributed by atoms with Crippen molar-refractivity contribution in [1.82, 2.24) is 15.8 Å². The molecule has 1 heterocycles. The molecule has 0 fully saturated rings. The maximum atomic E-state index is 5.34. The Morgan fingerprint density at radius 3 is 2.52 bits per heavy atom. The number of anilines is 1. The van der Waals surface area contributed by atoms with Gasteiger partial charge >= 0.3 is 0 Å². The highest BCUT2D eigenvalue weighted by molar-refractivity contribution is 5.79. The third-order valence-corrected chi connectivity index (χ3v) is 4.21. The second-order valence-corrected chi connectivity index (χ2v) is 6.47. The predicted molar refractivity (Wildman–Crippen MR) is 103 cm³/mol. The van der Waals surface area contributed by atoms with Gasteiger partial charge in [-0.1, -0.05) is 37.2 Å². The standard InChI is InChI=1S/C19H29N5O/c1-14(2)18-11-17(25-23-18)13-22-19(20-4)21-12-15(3)24(5)16-9-7-6-8-10-16/h6-11,14-15H,12-13H2,1-5H3,(H2,20,21,22). The topological polar surface area (TPSA) is 65.7 Å². The van der Waals surface area contributed by atoms with Crippen LogP contribution in [0.25, 0.3) is 0 Å². The summed E-state index contributed by atoms with van der Waals surface area (Å²) in [5, 5.41) is 10.7. The highest BCUT2D eigenvalue weighted by Gasteiger charge is 2.11. The van der Waals surface area contributed by atoms with Gasteiger partial charge in [-0.3, -0.25) is 4.99 Å². The summed E-state index contributed by atoms with van der Waals surface area (Å²) >= 11 is 0. The molecule has 136 valence electrons. The molecular weight excluding hydrogens is 314 g/mol. The lowest BCUT2D eigenvalue weighted by Crippen LogP contribution is -2.44. The van der Waals surface area contributed by atoms with Gasteiger partial charge in [0.1, 0.15) is 0 Å². The minimum atomic E-state index is 0.318. The fourth-order valence-electron chi connectivity index (χ4n) is 2.37. The van der Waals surface area contributed by atoms with Gasteiger partial charge in [-0.15, -0.1) is 0 Å². The van der Waals surface area contributed by atoms with E-state index in [4.69, 9.17) is 4.52 Å². The number of hydrogen-bond donors (Lipinski definition) is 2.